The number of alkyl halides is 2. The van der Waals surface area contributed by atoms with Gasteiger partial charge in [-0.3, -0.25) is 43.4 Å². The van der Waals surface area contributed by atoms with Crippen molar-refractivity contribution in [2.45, 2.75) is 96.1 Å². The molecular weight excluding hydrogens is 962 g/mol. The molecule has 0 spiro atoms. The molecule has 3 aliphatic heterocycles. The number of piperidine rings is 1. The van der Waals surface area contributed by atoms with Crippen LogP contribution in [0.4, 0.5) is 14.5 Å². The van der Waals surface area contributed by atoms with Gasteiger partial charge in [0.25, 0.3) is 11.8 Å². The fourth-order valence-corrected chi connectivity index (χ4v) is 10.5. The van der Waals surface area contributed by atoms with Gasteiger partial charge >= 0.3 is 13.3 Å². The molecule has 2 aromatic heterocycles. The number of anilines is 1. The first-order chi connectivity index (χ1) is 33.6. The summed E-state index contributed by atoms with van der Waals surface area (Å²) in [5.41, 5.74) is -3.35. The second-order valence-electron chi connectivity index (χ2n) is 18.8. The molecule has 2 fully saturated rings. The van der Waals surface area contributed by atoms with E-state index in [-0.39, 0.29) is 73.4 Å². The van der Waals surface area contributed by atoms with E-state index in [9.17, 15) is 56.7 Å². The first-order valence-electron chi connectivity index (χ1n) is 23.0. The second-order valence-corrected chi connectivity index (χ2v) is 21.5. The summed E-state index contributed by atoms with van der Waals surface area (Å²) >= 11 is 0.950. The van der Waals surface area contributed by atoms with Gasteiger partial charge in [-0.05, 0) is 96.6 Å². The highest BCUT2D eigenvalue weighted by molar-refractivity contribution is 7.52. The zero-order valence-electron chi connectivity index (χ0n) is 39.0. The van der Waals surface area contributed by atoms with Gasteiger partial charge in [-0.15, -0.1) is 11.3 Å². The number of fused-ring (bicyclic) bond motifs is 3. The molecule has 8 rings (SSSR count). The molecule has 71 heavy (non-hydrogen) atoms. The number of benzene rings is 3. The number of carbonyl (C=O) groups excluding carboxylic acids is 7. The Bertz CT molecular complexity index is 3090. The summed E-state index contributed by atoms with van der Waals surface area (Å²) in [6.45, 7) is 5.91. The number of imide groups is 1. The van der Waals surface area contributed by atoms with Crippen LogP contribution < -0.4 is 20.9 Å². The molecule has 3 aromatic carbocycles. The monoisotopic (exact) mass is 1010 g/mol. The van der Waals surface area contributed by atoms with E-state index in [1.54, 1.807) is 63.2 Å². The predicted molar refractivity (Wildman–Crippen MR) is 258 cm³/mol. The minimum atomic E-state index is -5.84. The van der Waals surface area contributed by atoms with E-state index in [0.29, 0.717) is 63.7 Å². The van der Waals surface area contributed by atoms with Crippen molar-refractivity contribution in [3.8, 4) is 11.8 Å². The van der Waals surface area contributed by atoms with Gasteiger partial charge in [0, 0.05) is 77.9 Å². The number of thiophene rings is 1. The molecule has 5 N–H and O–H groups in total. The average Bonchev–Trinajstić information content (AvgIpc) is 4.15. The fourth-order valence-electron chi connectivity index (χ4n) is 9.05. The summed E-state index contributed by atoms with van der Waals surface area (Å²) in [6, 6.07) is 13.7. The Hall–Kier alpha value is -6.78. The average molecular weight is 1010 g/mol. The van der Waals surface area contributed by atoms with Crippen molar-refractivity contribution in [3.05, 3.63) is 100 Å². The first kappa shape index (κ1) is 50.6. The lowest BCUT2D eigenvalue weighted by Crippen LogP contribution is -2.58. The van der Waals surface area contributed by atoms with Gasteiger partial charge in [0.05, 0.1) is 11.1 Å². The summed E-state index contributed by atoms with van der Waals surface area (Å²) in [4.78, 5) is 117. The van der Waals surface area contributed by atoms with Crippen LogP contribution in [0, 0.1) is 17.3 Å². The van der Waals surface area contributed by atoms with Crippen molar-refractivity contribution in [1.82, 2.24) is 25.8 Å². The third-order valence-corrected chi connectivity index (χ3v) is 14.9. The lowest BCUT2D eigenvalue weighted by atomic mass is 9.85. The van der Waals surface area contributed by atoms with Gasteiger partial charge in [-0.1, -0.05) is 44.7 Å². The summed E-state index contributed by atoms with van der Waals surface area (Å²) in [6.07, 6.45) is 3.55. The van der Waals surface area contributed by atoms with Gasteiger partial charge in [0.1, 0.15) is 23.7 Å². The molecule has 372 valence electrons. The fraction of sp³-hybridized carbons (Fsp3) is 0.380. The van der Waals surface area contributed by atoms with E-state index in [2.05, 4.69) is 27.8 Å². The van der Waals surface area contributed by atoms with Crippen LogP contribution in [-0.2, 0) is 40.7 Å². The Kier molecular flexibility index (Phi) is 14.4. The highest BCUT2D eigenvalue weighted by Gasteiger charge is 2.50. The molecule has 5 aromatic rings. The molecule has 0 radical (unpaired) electrons. The molecule has 3 aliphatic rings. The van der Waals surface area contributed by atoms with Crippen molar-refractivity contribution in [3.63, 3.8) is 0 Å². The van der Waals surface area contributed by atoms with E-state index in [1.165, 1.54) is 33.1 Å². The number of halogens is 2. The number of nitrogens with zero attached hydrogens (tertiary/aromatic N) is 3. The van der Waals surface area contributed by atoms with Crippen LogP contribution in [0.15, 0.2) is 77.4 Å². The van der Waals surface area contributed by atoms with Crippen molar-refractivity contribution >= 4 is 87.0 Å². The number of nitrogens with one attached hydrogen (secondary N) is 3. The molecule has 5 heterocycles. The minimum Gasteiger partial charge on any atom is -0.464 e. The van der Waals surface area contributed by atoms with Gasteiger partial charge < -0.3 is 39.5 Å². The zero-order valence-corrected chi connectivity index (χ0v) is 40.7. The maximum absolute atomic E-state index is 14.7. The Morgan fingerprint density at radius 2 is 1.80 bits per heavy atom. The van der Waals surface area contributed by atoms with Crippen LogP contribution in [0.25, 0.3) is 21.1 Å². The third kappa shape index (κ3) is 10.6. The van der Waals surface area contributed by atoms with Crippen LogP contribution in [0.5, 0.6) is 0 Å². The highest BCUT2D eigenvalue weighted by Crippen LogP contribution is 2.59. The summed E-state index contributed by atoms with van der Waals surface area (Å²) in [7, 11) is -5.84. The Balaban J connectivity index is 0.905. The van der Waals surface area contributed by atoms with Crippen molar-refractivity contribution in [2.75, 3.05) is 24.5 Å². The van der Waals surface area contributed by atoms with Crippen LogP contribution in [-0.4, -0.2) is 98.7 Å². The maximum atomic E-state index is 14.7. The molecule has 17 nitrogen and oxygen atoms in total. The summed E-state index contributed by atoms with van der Waals surface area (Å²) in [5, 5.41) is 8.86. The molecule has 0 bridgehead atoms. The third-order valence-electron chi connectivity index (χ3n) is 12.8. The van der Waals surface area contributed by atoms with E-state index in [1.807, 2.05) is 0 Å². The molecular formula is C50H51F2N6O11PS. The number of hydrogen-bond donors (Lipinski definition) is 5. The Morgan fingerprint density at radius 1 is 1.01 bits per heavy atom. The van der Waals surface area contributed by atoms with E-state index in [0.717, 1.165) is 23.5 Å². The number of likely N-dealkylation sites (tertiary alicyclic amines) is 1. The molecule has 0 saturated carbocycles. The van der Waals surface area contributed by atoms with Crippen LogP contribution >= 0.6 is 18.9 Å². The van der Waals surface area contributed by atoms with E-state index < -0.39 is 66.0 Å². The molecule has 21 heteroatoms. The topological polar surface area (TPSA) is 236 Å². The van der Waals surface area contributed by atoms with Gasteiger partial charge in [0.2, 0.25) is 29.5 Å². The lowest BCUT2D eigenvalue weighted by Gasteiger charge is -2.36. The number of hydrogen-bond acceptors (Lipinski definition) is 10. The second kappa shape index (κ2) is 20.1. The lowest BCUT2D eigenvalue weighted by molar-refractivity contribution is -0.141. The van der Waals surface area contributed by atoms with Gasteiger partial charge in [-0.2, -0.15) is 8.78 Å². The quantitative estimate of drug-likeness (QED) is 0.0367. The Labute approximate surface area is 410 Å². The van der Waals surface area contributed by atoms with Crippen molar-refractivity contribution < 1.29 is 61.1 Å². The van der Waals surface area contributed by atoms with Crippen LogP contribution in [0.1, 0.15) is 102 Å². The van der Waals surface area contributed by atoms with E-state index >= 15 is 0 Å². The molecule has 3 atom stereocenters. The van der Waals surface area contributed by atoms with E-state index in [4.69, 9.17) is 4.42 Å². The van der Waals surface area contributed by atoms with Crippen molar-refractivity contribution in [1.29, 1.82) is 0 Å². The summed E-state index contributed by atoms with van der Waals surface area (Å²) < 4.78 is 46.5. The minimum absolute atomic E-state index is 0.0345. The maximum Gasteiger partial charge on any atom is 0.399 e. The standard InChI is InChI=1S/C50H51F2N6O11PS/c1-49(2,3)43(55-45(62)40-27-31-25-32(13-17-39(31)71-40)50(51,52)70(66,67)68)48(65)57-22-8-12-37(57)47(64)56(33-14-16-38-30(26-33)20-24-69-38)23-19-41(59)53-21-6-4-5-9-29-10-7-11-34-35(29)28-58(46(34)63)36-15-18-42(60)54-44(36)61/h7,10-11,13-14,16-17,20,24-27,36-37,43H,4,6,8,12,15,18-19,21-23,28H2,1-3H3,(H,53,59)(H,55,62)(H,54,60,61)(H2,66,67,68). The van der Waals surface area contributed by atoms with Crippen LogP contribution in [0.2, 0.25) is 0 Å². The summed E-state index contributed by atoms with van der Waals surface area (Å²) in [5.74, 6) is 3.13. The molecule has 2 saturated heterocycles. The van der Waals surface area contributed by atoms with Gasteiger partial charge in [-0.25, -0.2) is 0 Å². The largest absolute Gasteiger partial charge is 0.464 e. The van der Waals surface area contributed by atoms with Gasteiger partial charge in [0.15, 0.2) is 0 Å². The SMILES string of the molecule is CC(C)(C)C(NC(=O)c1cc2cc(C(F)(F)P(=O)(O)O)ccc2s1)C(=O)N1CCCC1C(=O)N(CCC(=O)NCCCC#Cc1cccc2c1CN(C1CCC(=O)NC1=O)C2=O)c1ccc2occc2c1. The number of unbranched alkanes of at least 4 members (excludes halogenated alkanes) is 1. The molecule has 7 amide bonds. The normalized spacial score (nSPS) is 17.7. The first-order valence-corrected chi connectivity index (χ1v) is 25.4. The highest BCUT2D eigenvalue weighted by atomic mass is 32.1. The van der Waals surface area contributed by atoms with Crippen LogP contribution in [0.3, 0.4) is 0 Å². The van der Waals surface area contributed by atoms with Crippen molar-refractivity contribution in [2.24, 2.45) is 5.41 Å². The Morgan fingerprint density at radius 3 is 2.55 bits per heavy atom. The smallest absolute Gasteiger partial charge is 0.399 e. The zero-order chi connectivity index (χ0) is 51.0. The number of rotatable bonds is 14. The molecule has 3 unspecified atom stereocenters. The number of furan rings is 1. The predicted octanol–water partition coefficient (Wildman–Crippen LogP) is 6.14. The molecule has 0 aliphatic carbocycles. The number of carbonyl (C=O) groups is 7. The number of amides is 7.